The van der Waals surface area contributed by atoms with E-state index in [0.717, 1.165) is 12.8 Å². The third-order valence-corrected chi connectivity index (χ3v) is 3.96. The van der Waals surface area contributed by atoms with Gasteiger partial charge in [0.15, 0.2) is 6.10 Å². The van der Waals surface area contributed by atoms with Crippen LogP contribution in [0.2, 0.25) is 0 Å². The maximum atomic E-state index is 11.6. The molecule has 0 heterocycles. The van der Waals surface area contributed by atoms with Gasteiger partial charge in [-0.1, -0.05) is 19.8 Å². The molecule has 2 atom stereocenters. The summed E-state index contributed by atoms with van der Waals surface area (Å²) < 4.78 is 26.3. The van der Waals surface area contributed by atoms with E-state index in [1.54, 1.807) is 0 Å². The second-order valence-electron chi connectivity index (χ2n) is 6.46. The minimum Gasteiger partial charge on any atom is -0.756 e. The highest BCUT2D eigenvalue weighted by Gasteiger charge is 2.19. The van der Waals surface area contributed by atoms with E-state index in [0.29, 0.717) is 17.4 Å². The maximum absolute atomic E-state index is 11.6. The standard InChI is InChI=1S/C14H30NO8P/c1-5-6-7-8-14(16)20-11-13(23-17)12-22-24(18,19)21-10-9-15(2,3)4/h13H,5-12H2,1-4H3,(H-,17,18,19)/t13-/m1/s1. The first-order chi connectivity index (χ1) is 11.1. The molecule has 0 radical (unpaired) electrons. The highest BCUT2D eigenvalue weighted by molar-refractivity contribution is 7.45. The SMILES string of the molecule is CCCCCC(=O)OC[C@H](COP(=O)([O-])OCC[N+](C)(C)C)OO. The number of ether oxygens (including phenoxy) is 1. The lowest BCUT2D eigenvalue weighted by Crippen LogP contribution is -2.37. The zero-order chi connectivity index (χ0) is 18.6. The van der Waals surface area contributed by atoms with Gasteiger partial charge in [0.2, 0.25) is 0 Å². The van der Waals surface area contributed by atoms with Crippen molar-refractivity contribution in [1.29, 1.82) is 0 Å². The number of hydrogen-bond acceptors (Lipinski definition) is 8. The molecule has 0 saturated carbocycles. The molecule has 0 aromatic heterocycles. The van der Waals surface area contributed by atoms with Crippen LogP contribution in [0, 0.1) is 0 Å². The summed E-state index contributed by atoms with van der Waals surface area (Å²) in [6, 6.07) is 0. The molecule has 0 amide bonds. The fourth-order valence-electron chi connectivity index (χ4n) is 1.52. The van der Waals surface area contributed by atoms with Gasteiger partial charge in [0, 0.05) is 6.42 Å². The summed E-state index contributed by atoms with van der Waals surface area (Å²) in [7, 11) is 1.17. The quantitative estimate of drug-likeness (QED) is 0.121. The molecule has 0 aliphatic heterocycles. The number of likely N-dealkylation sites (N-methyl/N-ethyl adjacent to an activating group) is 1. The van der Waals surface area contributed by atoms with E-state index in [9.17, 15) is 14.3 Å². The number of carbonyl (C=O) groups excluding carboxylic acids is 1. The lowest BCUT2D eigenvalue weighted by molar-refractivity contribution is -0.870. The van der Waals surface area contributed by atoms with Crippen molar-refractivity contribution in [2.45, 2.75) is 38.7 Å². The van der Waals surface area contributed by atoms with Crippen LogP contribution in [0.25, 0.3) is 0 Å². The van der Waals surface area contributed by atoms with E-state index >= 15 is 0 Å². The summed E-state index contributed by atoms with van der Waals surface area (Å²) in [6.07, 6.45) is 1.77. The van der Waals surface area contributed by atoms with Crippen LogP contribution in [-0.4, -0.2) is 69.3 Å². The van der Waals surface area contributed by atoms with Crippen LogP contribution in [-0.2, 0) is 28.0 Å². The van der Waals surface area contributed by atoms with Crippen LogP contribution in [0.4, 0.5) is 0 Å². The van der Waals surface area contributed by atoms with Crippen LogP contribution >= 0.6 is 7.82 Å². The van der Waals surface area contributed by atoms with E-state index in [1.807, 2.05) is 28.1 Å². The molecule has 24 heavy (non-hydrogen) atoms. The van der Waals surface area contributed by atoms with Crippen molar-refractivity contribution in [1.82, 2.24) is 0 Å². The average molecular weight is 371 g/mol. The lowest BCUT2D eigenvalue weighted by atomic mass is 10.2. The molecule has 1 unspecified atom stereocenters. The molecule has 9 nitrogen and oxygen atoms in total. The Bertz CT molecular complexity index is 399. The topological polar surface area (TPSA) is 114 Å². The zero-order valence-corrected chi connectivity index (χ0v) is 15.8. The van der Waals surface area contributed by atoms with Crippen molar-refractivity contribution in [3.8, 4) is 0 Å². The average Bonchev–Trinajstić information content (AvgIpc) is 2.46. The Labute approximate surface area is 143 Å². The Balaban J connectivity index is 4.05. The van der Waals surface area contributed by atoms with Crippen LogP contribution in [0.1, 0.15) is 32.6 Å². The van der Waals surface area contributed by atoms with Gasteiger partial charge in [0.25, 0.3) is 7.82 Å². The number of hydrogen-bond donors (Lipinski definition) is 1. The van der Waals surface area contributed by atoms with Crippen molar-refractivity contribution in [3.63, 3.8) is 0 Å². The Hall–Kier alpha value is -0.540. The molecule has 0 aromatic rings. The molecule has 0 bridgehead atoms. The minimum atomic E-state index is -4.51. The summed E-state index contributed by atoms with van der Waals surface area (Å²) >= 11 is 0. The zero-order valence-electron chi connectivity index (χ0n) is 14.9. The second kappa shape index (κ2) is 11.9. The lowest BCUT2D eigenvalue weighted by Gasteiger charge is -2.27. The highest BCUT2D eigenvalue weighted by atomic mass is 31.2. The van der Waals surface area contributed by atoms with Crippen molar-refractivity contribution in [2.75, 3.05) is 47.5 Å². The number of rotatable bonds is 14. The molecule has 0 spiro atoms. The third-order valence-electron chi connectivity index (χ3n) is 2.99. The summed E-state index contributed by atoms with van der Waals surface area (Å²) in [5, 5.41) is 8.73. The van der Waals surface area contributed by atoms with Crippen LogP contribution < -0.4 is 4.89 Å². The Morgan fingerprint density at radius 3 is 2.42 bits per heavy atom. The number of quaternary nitrogens is 1. The van der Waals surface area contributed by atoms with Crippen molar-refractivity contribution >= 4 is 13.8 Å². The number of carbonyl (C=O) groups is 1. The van der Waals surface area contributed by atoms with Crippen LogP contribution in [0.15, 0.2) is 0 Å². The smallest absolute Gasteiger partial charge is 0.305 e. The number of nitrogens with zero attached hydrogens (tertiary/aromatic N) is 1. The molecule has 0 fully saturated rings. The fourth-order valence-corrected chi connectivity index (χ4v) is 2.25. The number of esters is 1. The summed E-state index contributed by atoms with van der Waals surface area (Å²) in [5.41, 5.74) is 0. The van der Waals surface area contributed by atoms with Gasteiger partial charge in [0.1, 0.15) is 19.8 Å². The predicted molar refractivity (Wildman–Crippen MR) is 85.0 cm³/mol. The molecule has 0 aromatic carbocycles. The Kier molecular flexibility index (Phi) is 11.6. The summed E-state index contributed by atoms with van der Waals surface area (Å²) in [4.78, 5) is 27.1. The van der Waals surface area contributed by atoms with Gasteiger partial charge in [-0.3, -0.25) is 14.6 Å². The number of unbranched alkanes of at least 4 members (excludes halogenated alkanes) is 2. The molecular weight excluding hydrogens is 341 g/mol. The molecule has 0 saturated heterocycles. The van der Waals surface area contributed by atoms with Gasteiger partial charge in [-0.15, -0.1) is 0 Å². The molecule has 0 aliphatic rings. The number of phosphoric ester groups is 1. The molecule has 144 valence electrons. The van der Waals surface area contributed by atoms with Gasteiger partial charge in [-0.05, 0) is 6.42 Å². The van der Waals surface area contributed by atoms with Gasteiger partial charge in [-0.25, -0.2) is 4.89 Å². The Morgan fingerprint density at radius 2 is 1.88 bits per heavy atom. The number of phosphoric acid groups is 1. The summed E-state index contributed by atoms with van der Waals surface area (Å²) in [5.74, 6) is -0.435. The third kappa shape index (κ3) is 13.9. The van der Waals surface area contributed by atoms with Crippen molar-refractivity contribution in [2.24, 2.45) is 0 Å². The Morgan fingerprint density at radius 1 is 1.21 bits per heavy atom. The predicted octanol–water partition coefficient (Wildman–Crippen LogP) is 1.18. The van der Waals surface area contributed by atoms with Gasteiger partial charge < -0.3 is 23.2 Å². The van der Waals surface area contributed by atoms with E-state index in [-0.39, 0.29) is 19.6 Å². The largest absolute Gasteiger partial charge is 0.756 e. The van der Waals surface area contributed by atoms with E-state index in [1.165, 1.54) is 0 Å². The van der Waals surface area contributed by atoms with Crippen molar-refractivity contribution < 1.29 is 42.7 Å². The maximum Gasteiger partial charge on any atom is 0.305 e. The molecule has 10 heteroatoms. The molecule has 0 aliphatic carbocycles. The molecular formula is C14H30NO8P. The minimum absolute atomic E-state index is 0.0264. The first-order valence-electron chi connectivity index (χ1n) is 7.96. The summed E-state index contributed by atoms with van der Waals surface area (Å²) in [6.45, 7) is 1.65. The van der Waals surface area contributed by atoms with E-state index in [2.05, 4.69) is 9.41 Å². The van der Waals surface area contributed by atoms with Gasteiger partial charge >= 0.3 is 5.97 Å². The first-order valence-corrected chi connectivity index (χ1v) is 9.42. The molecule has 0 rings (SSSR count). The second-order valence-corrected chi connectivity index (χ2v) is 7.87. The highest BCUT2D eigenvalue weighted by Crippen LogP contribution is 2.38. The first kappa shape index (κ1) is 23.5. The fraction of sp³-hybridized carbons (Fsp3) is 0.929. The normalized spacial score (nSPS) is 15.8. The van der Waals surface area contributed by atoms with E-state index < -0.39 is 26.5 Å². The van der Waals surface area contributed by atoms with E-state index in [4.69, 9.17) is 14.5 Å². The van der Waals surface area contributed by atoms with Crippen molar-refractivity contribution in [3.05, 3.63) is 0 Å². The van der Waals surface area contributed by atoms with Gasteiger partial charge in [0.05, 0.1) is 27.7 Å². The van der Waals surface area contributed by atoms with Crippen LogP contribution in [0.5, 0.6) is 0 Å². The van der Waals surface area contributed by atoms with Crippen LogP contribution in [0.3, 0.4) is 0 Å². The van der Waals surface area contributed by atoms with Gasteiger partial charge in [-0.2, -0.15) is 0 Å². The monoisotopic (exact) mass is 371 g/mol. The molecule has 1 N–H and O–H groups in total.